The van der Waals surface area contributed by atoms with Crippen LogP contribution in [0.4, 0.5) is 0 Å². The molecule has 0 unspecified atom stereocenters. The summed E-state index contributed by atoms with van der Waals surface area (Å²) in [4.78, 5) is 8.98. The van der Waals surface area contributed by atoms with Crippen LogP contribution >= 0.6 is 11.6 Å². The van der Waals surface area contributed by atoms with Crippen LogP contribution in [0, 0.1) is 20.8 Å². The number of aromatic nitrogens is 2. The lowest BCUT2D eigenvalue weighted by atomic mass is 10.1. The van der Waals surface area contributed by atoms with Crippen molar-refractivity contribution in [3.05, 3.63) is 40.2 Å². The number of methoxy groups -OCH3 is 1. The average molecular weight is 263 g/mol. The first kappa shape index (κ1) is 12.8. The Morgan fingerprint density at radius 3 is 2.22 bits per heavy atom. The van der Waals surface area contributed by atoms with Crippen LogP contribution in [-0.4, -0.2) is 17.1 Å². The largest absolute Gasteiger partial charge is 0.497 e. The fourth-order valence-corrected chi connectivity index (χ4v) is 1.90. The van der Waals surface area contributed by atoms with Gasteiger partial charge >= 0.3 is 0 Å². The van der Waals surface area contributed by atoms with Crippen LogP contribution in [0.3, 0.4) is 0 Å². The summed E-state index contributed by atoms with van der Waals surface area (Å²) in [5.74, 6) is 1.38. The summed E-state index contributed by atoms with van der Waals surface area (Å²) < 4.78 is 5.20. The molecule has 1 aromatic carbocycles. The molecule has 0 aliphatic heterocycles. The van der Waals surface area contributed by atoms with Crippen LogP contribution in [0.2, 0.25) is 5.02 Å². The minimum atomic E-state index is 0.624. The van der Waals surface area contributed by atoms with E-state index in [-0.39, 0.29) is 0 Å². The average Bonchev–Trinajstić information content (AvgIpc) is 2.36. The van der Waals surface area contributed by atoms with Gasteiger partial charge in [0.1, 0.15) is 5.75 Å². The van der Waals surface area contributed by atoms with E-state index in [1.165, 1.54) is 0 Å². The van der Waals surface area contributed by atoms with E-state index in [1.807, 2.05) is 32.9 Å². The number of ether oxygens (including phenoxy) is 1. The van der Waals surface area contributed by atoms with Crippen molar-refractivity contribution in [1.82, 2.24) is 9.97 Å². The van der Waals surface area contributed by atoms with E-state index in [1.54, 1.807) is 13.2 Å². The lowest BCUT2D eigenvalue weighted by molar-refractivity contribution is 0.415. The van der Waals surface area contributed by atoms with E-state index in [4.69, 9.17) is 16.3 Å². The number of benzene rings is 1. The van der Waals surface area contributed by atoms with Crippen LogP contribution < -0.4 is 4.74 Å². The van der Waals surface area contributed by atoms with Crippen LogP contribution in [0.5, 0.6) is 5.75 Å². The predicted octanol–water partition coefficient (Wildman–Crippen LogP) is 3.73. The Labute approximate surface area is 112 Å². The van der Waals surface area contributed by atoms with E-state index in [0.29, 0.717) is 10.8 Å². The molecule has 0 fully saturated rings. The summed E-state index contributed by atoms with van der Waals surface area (Å²) in [7, 11) is 1.62. The van der Waals surface area contributed by atoms with E-state index < -0.39 is 0 Å². The molecular formula is C14H15ClN2O. The second kappa shape index (κ2) is 4.94. The fourth-order valence-electron chi connectivity index (χ4n) is 1.70. The van der Waals surface area contributed by atoms with Gasteiger partial charge in [0, 0.05) is 17.0 Å². The summed E-state index contributed by atoms with van der Waals surface area (Å²) in [6.45, 7) is 5.96. The van der Waals surface area contributed by atoms with Gasteiger partial charge in [-0.15, -0.1) is 0 Å². The molecule has 94 valence electrons. The van der Waals surface area contributed by atoms with Crippen LogP contribution in [0.25, 0.3) is 11.4 Å². The van der Waals surface area contributed by atoms with Gasteiger partial charge in [0.15, 0.2) is 5.82 Å². The highest BCUT2D eigenvalue weighted by molar-refractivity contribution is 6.33. The molecule has 2 aromatic rings. The molecule has 0 atom stereocenters. The third kappa shape index (κ3) is 2.31. The molecule has 2 rings (SSSR count). The van der Waals surface area contributed by atoms with Gasteiger partial charge < -0.3 is 4.74 Å². The maximum atomic E-state index is 6.20. The van der Waals surface area contributed by atoms with Crippen LogP contribution in [-0.2, 0) is 0 Å². The van der Waals surface area contributed by atoms with Gasteiger partial charge in [0.05, 0.1) is 12.1 Å². The number of hydrogen-bond acceptors (Lipinski definition) is 3. The molecule has 0 saturated heterocycles. The number of hydrogen-bond donors (Lipinski definition) is 0. The molecule has 0 aliphatic rings. The Morgan fingerprint density at radius 2 is 1.67 bits per heavy atom. The van der Waals surface area contributed by atoms with Crippen molar-refractivity contribution in [2.45, 2.75) is 20.8 Å². The molecule has 1 aromatic heterocycles. The van der Waals surface area contributed by atoms with Gasteiger partial charge in [-0.3, -0.25) is 0 Å². The van der Waals surface area contributed by atoms with Gasteiger partial charge in [0.2, 0.25) is 0 Å². The standard InChI is InChI=1S/C14H15ClN2O/c1-8-9(2)16-14(17-10(8)3)12-7-11(18-4)5-6-13(12)15/h5-7H,1-4H3. The molecule has 0 N–H and O–H groups in total. The third-order valence-corrected chi connectivity index (χ3v) is 3.38. The maximum absolute atomic E-state index is 6.20. The zero-order chi connectivity index (χ0) is 13.3. The van der Waals surface area contributed by atoms with Gasteiger partial charge in [-0.2, -0.15) is 0 Å². The van der Waals surface area contributed by atoms with Crippen molar-refractivity contribution < 1.29 is 4.74 Å². The quantitative estimate of drug-likeness (QED) is 0.827. The molecule has 0 spiro atoms. The SMILES string of the molecule is COc1ccc(Cl)c(-c2nc(C)c(C)c(C)n2)c1. The van der Waals surface area contributed by atoms with E-state index in [9.17, 15) is 0 Å². The highest BCUT2D eigenvalue weighted by Gasteiger charge is 2.11. The Hall–Kier alpha value is -1.61. The van der Waals surface area contributed by atoms with Crippen LogP contribution in [0.1, 0.15) is 17.0 Å². The Kier molecular flexibility index (Phi) is 3.53. The lowest BCUT2D eigenvalue weighted by Gasteiger charge is -2.09. The van der Waals surface area contributed by atoms with Gasteiger partial charge in [-0.25, -0.2) is 9.97 Å². The summed E-state index contributed by atoms with van der Waals surface area (Å²) in [5, 5.41) is 0.624. The number of halogens is 1. The van der Waals surface area contributed by atoms with Crippen molar-refractivity contribution in [2.75, 3.05) is 7.11 Å². The first-order valence-electron chi connectivity index (χ1n) is 5.68. The van der Waals surface area contributed by atoms with Gasteiger partial charge in [-0.05, 0) is 44.5 Å². The van der Waals surface area contributed by atoms with Crippen molar-refractivity contribution in [2.24, 2.45) is 0 Å². The highest BCUT2D eigenvalue weighted by atomic mass is 35.5. The molecule has 0 saturated carbocycles. The molecule has 18 heavy (non-hydrogen) atoms. The number of rotatable bonds is 2. The summed E-state index contributed by atoms with van der Waals surface area (Å²) >= 11 is 6.20. The minimum absolute atomic E-state index is 0.624. The zero-order valence-electron chi connectivity index (χ0n) is 10.9. The minimum Gasteiger partial charge on any atom is -0.497 e. The number of aryl methyl sites for hydroxylation is 2. The van der Waals surface area contributed by atoms with Crippen LogP contribution in [0.15, 0.2) is 18.2 Å². The molecule has 4 heteroatoms. The normalized spacial score (nSPS) is 10.5. The first-order chi connectivity index (χ1) is 8.52. The second-order valence-corrected chi connectivity index (χ2v) is 4.60. The zero-order valence-corrected chi connectivity index (χ0v) is 11.7. The lowest BCUT2D eigenvalue weighted by Crippen LogP contribution is -1.99. The number of nitrogens with zero attached hydrogens (tertiary/aromatic N) is 2. The Balaban J connectivity index is 2.61. The monoisotopic (exact) mass is 262 g/mol. The van der Waals surface area contributed by atoms with E-state index >= 15 is 0 Å². The van der Waals surface area contributed by atoms with E-state index in [2.05, 4.69) is 9.97 Å². The highest BCUT2D eigenvalue weighted by Crippen LogP contribution is 2.30. The van der Waals surface area contributed by atoms with Crippen molar-refractivity contribution in [3.63, 3.8) is 0 Å². The molecular weight excluding hydrogens is 248 g/mol. The van der Waals surface area contributed by atoms with Crippen molar-refractivity contribution in [3.8, 4) is 17.1 Å². The predicted molar refractivity (Wildman–Crippen MR) is 73.2 cm³/mol. The second-order valence-electron chi connectivity index (χ2n) is 4.19. The van der Waals surface area contributed by atoms with Gasteiger partial charge in [0.25, 0.3) is 0 Å². The smallest absolute Gasteiger partial charge is 0.161 e. The Morgan fingerprint density at radius 1 is 1.06 bits per heavy atom. The molecule has 0 aliphatic carbocycles. The molecule has 0 radical (unpaired) electrons. The van der Waals surface area contributed by atoms with Crippen molar-refractivity contribution >= 4 is 11.6 Å². The molecule has 3 nitrogen and oxygen atoms in total. The topological polar surface area (TPSA) is 35.0 Å². The summed E-state index contributed by atoms with van der Waals surface area (Å²) in [6.07, 6.45) is 0. The Bertz CT molecular complexity index is 573. The fraction of sp³-hybridized carbons (Fsp3) is 0.286. The van der Waals surface area contributed by atoms with E-state index in [0.717, 1.165) is 28.3 Å². The van der Waals surface area contributed by atoms with Gasteiger partial charge in [-0.1, -0.05) is 11.6 Å². The summed E-state index contributed by atoms with van der Waals surface area (Å²) in [6, 6.07) is 5.47. The molecule has 0 bridgehead atoms. The first-order valence-corrected chi connectivity index (χ1v) is 6.06. The molecule has 1 heterocycles. The molecule has 0 amide bonds. The summed E-state index contributed by atoms with van der Waals surface area (Å²) in [5.41, 5.74) is 3.84. The van der Waals surface area contributed by atoms with Crippen molar-refractivity contribution in [1.29, 1.82) is 0 Å². The third-order valence-electron chi connectivity index (χ3n) is 3.05. The maximum Gasteiger partial charge on any atom is 0.161 e.